The molecule has 1 saturated heterocycles. The number of aromatic nitrogens is 3. The summed E-state index contributed by atoms with van der Waals surface area (Å²) in [6, 6.07) is 0.448. The standard InChI is InChI=1S/C12H20N4/c1-9-5-7-16-11(8-9)14-15-12(16)10-4-2-3-6-13-10/h9-10,13H,2-8H2,1H3. The molecule has 2 aliphatic heterocycles. The number of nitrogens with one attached hydrogen (secondary N) is 1. The van der Waals surface area contributed by atoms with Crippen LogP contribution in [0.1, 0.15) is 50.3 Å². The van der Waals surface area contributed by atoms with E-state index in [-0.39, 0.29) is 0 Å². The molecule has 0 bridgehead atoms. The van der Waals surface area contributed by atoms with Gasteiger partial charge < -0.3 is 9.88 Å². The van der Waals surface area contributed by atoms with Crippen molar-refractivity contribution in [3.63, 3.8) is 0 Å². The Hall–Kier alpha value is -0.900. The van der Waals surface area contributed by atoms with Crippen LogP contribution < -0.4 is 5.32 Å². The molecule has 0 aliphatic carbocycles. The van der Waals surface area contributed by atoms with Crippen molar-refractivity contribution >= 4 is 0 Å². The van der Waals surface area contributed by atoms with Gasteiger partial charge in [0.2, 0.25) is 0 Å². The van der Waals surface area contributed by atoms with Gasteiger partial charge in [0.15, 0.2) is 0 Å². The number of fused-ring (bicyclic) bond motifs is 1. The van der Waals surface area contributed by atoms with Crippen LogP contribution in [-0.4, -0.2) is 21.3 Å². The van der Waals surface area contributed by atoms with Gasteiger partial charge in [-0.3, -0.25) is 0 Å². The zero-order valence-corrected chi connectivity index (χ0v) is 9.95. The Morgan fingerprint density at radius 2 is 2.19 bits per heavy atom. The van der Waals surface area contributed by atoms with Crippen LogP contribution >= 0.6 is 0 Å². The van der Waals surface area contributed by atoms with Gasteiger partial charge in [-0.1, -0.05) is 13.3 Å². The highest BCUT2D eigenvalue weighted by Gasteiger charge is 2.25. The van der Waals surface area contributed by atoms with Crippen molar-refractivity contribution in [1.82, 2.24) is 20.1 Å². The normalized spacial score (nSPS) is 30.1. The van der Waals surface area contributed by atoms with E-state index in [0.717, 1.165) is 25.4 Å². The maximum Gasteiger partial charge on any atom is 0.150 e. The van der Waals surface area contributed by atoms with E-state index in [1.807, 2.05) is 0 Å². The van der Waals surface area contributed by atoms with Gasteiger partial charge in [0, 0.05) is 13.0 Å². The third kappa shape index (κ3) is 1.75. The average molecular weight is 220 g/mol. The number of hydrogen-bond acceptors (Lipinski definition) is 3. The molecule has 2 unspecified atom stereocenters. The molecule has 0 spiro atoms. The highest BCUT2D eigenvalue weighted by Crippen LogP contribution is 2.26. The van der Waals surface area contributed by atoms with Crippen molar-refractivity contribution in [2.45, 2.75) is 51.6 Å². The Balaban J connectivity index is 1.85. The largest absolute Gasteiger partial charge is 0.314 e. The maximum atomic E-state index is 4.41. The minimum absolute atomic E-state index is 0.448. The lowest BCUT2D eigenvalue weighted by atomic mass is 9.99. The van der Waals surface area contributed by atoms with Gasteiger partial charge in [-0.15, -0.1) is 10.2 Å². The first kappa shape index (κ1) is 10.3. The van der Waals surface area contributed by atoms with Gasteiger partial charge in [-0.05, 0) is 31.7 Å². The zero-order valence-electron chi connectivity index (χ0n) is 9.95. The fraction of sp³-hybridized carbons (Fsp3) is 0.833. The molecule has 1 aromatic heterocycles. The van der Waals surface area contributed by atoms with Gasteiger partial charge in [0.05, 0.1) is 6.04 Å². The highest BCUT2D eigenvalue weighted by atomic mass is 15.3. The molecule has 2 aliphatic rings. The molecule has 0 amide bonds. The van der Waals surface area contributed by atoms with Crippen molar-refractivity contribution in [2.75, 3.05) is 6.54 Å². The lowest BCUT2D eigenvalue weighted by Gasteiger charge is -2.26. The fourth-order valence-corrected chi connectivity index (χ4v) is 2.84. The van der Waals surface area contributed by atoms with Gasteiger partial charge >= 0.3 is 0 Å². The highest BCUT2D eigenvalue weighted by molar-refractivity contribution is 5.05. The second-order valence-corrected chi connectivity index (χ2v) is 5.23. The van der Waals surface area contributed by atoms with Crippen LogP contribution in [0, 0.1) is 5.92 Å². The molecule has 0 radical (unpaired) electrons. The molecule has 1 fully saturated rings. The summed E-state index contributed by atoms with van der Waals surface area (Å²) in [5.41, 5.74) is 0. The Labute approximate surface area is 96.4 Å². The van der Waals surface area contributed by atoms with E-state index in [2.05, 4.69) is 27.0 Å². The Morgan fingerprint density at radius 1 is 1.25 bits per heavy atom. The van der Waals surface area contributed by atoms with E-state index in [1.54, 1.807) is 0 Å². The van der Waals surface area contributed by atoms with Crippen LogP contribution in [-0.2, 0) is 13.0 Å². The summed E-state index contributed by atoms with van der Waals surface area (Å²) >= 11 is 0. The molecule has 0 aromatic carbocycles. The predicted molar refractivity (Wildman–Crippen MR) is 62.1 cm³/mol. The Kier molecular flexibility index (Phi) is 2.67. The van der Waals surface area contributed by atoms with Crippen molar-refractivity contribution < 1.29 is 0 Å². The minimum atomic E-state index is 0.448. The molecule has 4 heteroatoms. The SMILES string of the molecule is CC1CCn2c(nnc2C2CCCCN2)C1. The van der Waals surface area contributed by atoms with Crippen LogP contribution in [0.4, 0.5) is 0 Å². The van der Waals surface area contributed by atoms with E-state index in [0.29, 0.717) is 6.04 Å². The first-order chi connectivity index (χ1) is 7.84. The summed E-state index contributed by atoms with van der Waals surface area (Å²) in [5, 5.41) is 12.3. The topological polar surface area (TPSA) is 42.7 Å². The smallest absolute Gasteiger partial charge is 0.150 e. The van der Waals surface area contributed by atoms with Crippen LogP contribution in [0.5, 0.6) is 0 Å². The molecule has 16 heavy (non-hydrogen) atoms. The second kappa shape index (κ2) is 4.17. The van der Waals surface area contributed by atoms with Gasteiger partial charge in [-0.2, -0.15) is 0 Å². The van der Waals surface area contributed by atoms with Gasteiger partial charge in [0.1, 0.15) is 11.6 Å². The number of hydrogen-bond donors (Lipinski definition) is 1. The van der Waals surface area contributed by atoms with E-state index < -0.39 is 0 Å². The van der Waals surface area contributed by atoms with Crippen molar-refractivity contribution in [1.29, 1.82) is 0 Å². The quantitative estimate of drug-likeness (QED) is 0.783. The third-order valence-electron chi connectivity index (χ3n) is 3.85. The summed E-state index contributed by atoms with van der Waals surface area (Å²) in [5.74, 6) is 3.14. The van der Waals surface area contributed by atoms with Crippen molar-refractivity contribution in [3.8, 4) is 0 Å². The van der Waals surface area contributed by atoms with Gasteiger partial charge in [0.25, 0.3) is 0 Å². The van der Waals surface area contributed by atoms with Crippen LogP contribution in [0.2, 0.25) is 0 Å². The lowest BCUT2D eigenvalue weighted by molar-refractivity contribution is 0.357. The van der Waals surface area contributed by atoms with E-state index in [4.69, 9.17) is 0 Å². The van der Waals surface area contributed by atoms with E-state index in [9.17, 15) is 0 Å². The fourth-order valence-electron chi connectivity index (χ4n) is 2.84. The second-order valence-electron chi connectivity index (χ2n) is 5.23. The summed E-state index contributed by atoms with van der Waals surface area (Å²) in [6.45, 7) is 4.54. The molecule has 88 valence electrons. The molecule has 0 saturated carbocycles. The summed E-state index contributed by atoms with van der Waals surface area (Å²) in [7, 11) is 0. The predicted octanol–water partition coefficient (Wildman–Crippen LogP) is 1.68. The zero-order chi connectivity index (χ0) is 11.0. The molecule has 3 heterocycles. The van der Waals surface area contributed by atoms with Crippen LogP contribution in [0.15, 0.2) is 0 Å². The van der Waals surface area contributed by atoms with Gasteiger partial charge in [-0.25, -0.2) is 0 Å². The molecule has 3 rings (SSSR count). The molecule has 4 nitrogen and oxygen atoms in total. The molecular weight excluding hydrogens is 200 g/mol. The summed E-state index contributed by atoms with van der Waals surface area (Å²) in [4.78, 5) is 0. The summed E-state index contributed by atoms with van der Waals surface area (Å²) < 4.78 is 2.35. The van der Waals surface area contributed by atoms with Crippen molar-refractivity contribution in [3.05, 3.63) is 11.6 Å². The first-order valence-electron chi connectivity index (χ1n) is 6.50. The minimum Gasteiger partial charge on any atom is -0.314 e. The Bertz CT molecular complexity index is 365. The third-order valence-corrected chi connectivity index (χ3v) is 3.85. The average Bonchev–Trinajstić information content (AvgIpc) is 2.73. The molecular formula is C12H20N4. The summed E-state index contributed by atoms with van der Waals surface area (Å²) in [6.07, 6.45) is 6.20. The number of nitrogens with zero attached hydrogens (tertiary/aromatic N) is 3. The van der Waals surface area contributed by atoms with E-state index >= 15 is 0 Å². The lowest BCUT2D eigenvalue weighted by Crippen LogP contribution is -2.30. The molecule has 2 atom stereocenters. The van der Waals surface area contributed by atoms with Crippen LogP contribution in [0.25, 0.3) is 0 Å². The number of piperidine rings is 1. The Morgan fingerprint density at radius 3 is 3.00 bits per heavy atom. The maximum absolute atomic E-state index is 4.41. The van der Waals surface area contributed by atoms with Crippen LogP contribution in [0.3, 0.4) is 0 Å². The number of rotatable bonds is 1. The van der Waals surface area contributed by atoms with Crippen molar-refractivity contribution in [2.24, 2.45) is 5.92 Å². The first-order valence-corrected chi connectivity index (χ1v) is 6.50. The molecule has 1 N–H and O–H groups in total. The molecule has 1 aromatic rings. The monoisotopic (exact) mass is 220 g/mol. The van der Waals surface area contributed by atoms with E-state index in [1.165, 1.54) is 37.3 Å².